The van der Waals surface area contributed by atoms with E-state index in [4.69, 9.17) is 9.47 Å². The molecule has 0 spiro atoms. The van der Waals surface area contributed by atoms with Crippen molar-refractivity contribution in [3.8, 4) is 11.5 Å². The first-order chi connectivity index (χ1) is 10.5. The van der Waals surface area contributed by atoms with Crippen LogP contribution in [-0.2, 0) is 14.8 Å². The van der Waals surface area contributed by atoms with Crippen LogP contribution in [-0.4, -0.2) is 41.1 Å². The molecule has 0 radical (unpaired) electrons. The van der Waals surface area contributed by atoms with Crippen molar-refractivity contribution >= 4 is 15.9 Å². The average Bonchev–Trinajstić information content (AvgIpc) is 2.70. The van der Waals surface area contributed by atoms with Gasteiger partial charge in [-0.3, -0.25) is 4.79 Å². The van der Waals surface area contributed by atoms with E-state index in [9.17, 15) is 13.2 Å². The second kappa shape index (κ2) is 6.97. The summed E-state index contributed by atoms with van der Waals surface area (Å²) in [5.74, 6) is 0.765. The van der Waals surface area contributed by atoms with Gasteiger partial charge in [-0.25, -0.2) is 13.1 Å². The summed E-state index contributed by atoms with van der Waals surface area (Å²) in [4.78, 5) is 11.4. The normalized spacial score (nSPS) is 19.2. The zero-order chi connectivity index (χ0) is 16.2. The summed E-state index contributed by atoms with van der Waals surface area (Å²) in [5, 5.41) is 2.72. The highest BCUT2D eigenvalue weighted by Gasteiger charge is 2.23. The van der Waals surface area contributed by atoms with E-state index in [1.165, 1.54) is 26.4 Å². The lowest BCUT2D eigenvalue weighted by molar-refractivity contribution is -0.120. The quantitative estimate of drug-likeness (QED) is 0.828. The first kappa shape index (κ1) is 16.6. The molecular formula is C14H20N2O5S. The molecule has 1 aliphatic heterocycles. The third-order valence-electron chi connectivity index (χ3n) is 3.52. The van der Waals surface area contributed by atoms with Gasteiger partial charge in [-0.05, 0) is 25.0 Å². The Bertz CT molecular complexity index is 645. The number of ether oxygens (including phenoxy) is 2. The highest BCUT2D eigenvalue weighted by atomic mass is 32.2. The molecule has 7 nitrogen and oxygen atoms in total. The first-order valence-corrected chi connectivity index (χ1v) is 8.45. The van der Waals surface area contributed by atoms with Crippen molar-refractivity contribution in [2.75, 3.05) is 20.8 Å². The van der Waals surface area contributed by atoms with Crippen molar-refractivity contribution in [3.05, 3.63) is 18.2 Å². The first-order valence-electron chi connectivity index (χ1n) is 6.97. The Kier molecular flexibility index (Phi) is 5.25. The maximum absolute atomic E-state index is 12.4. The molecule has 0 aliphatic carbocycles. The van der Waals surface area contributed by atoms with Gasteiger partial charge < -0.3 is 14.8 Å². The van der Waals surface area contributed by atoms with Crippen LogP contribution in [0, 0.1) is 0 Å². The second-order valence-corrected chi connectivity index (χ2v) is 6.73. The summed E-state index contributed by atoms with van der Waals surface area (Å²) in [5.41, 5.74) is 0. The molecule has 1 saturated heterocycles. The van der Waals surface area contributed by atoms with Gasteiger partial charge in [0.15, 0.2) is 11.5 Å². The number of rotatable bonds is 5. The summed E-state index contributed by atoms with van der Waals surface area (Å²) >= 11 is 0. The fourth-order valence-corrected chi connectivity index (χ4v) is 3.63. The van der Waals surface area contributed by atoms with E-state index in [0.717, 1.165) is 0 Å². The van der Waals surface area contributed by atoms with Crippen molar-refractivity contribution < 1.29 is 22.7 Å². The molecule has 1 aromatic carbocycles. The number of hydrogen-bond donors (Lipinski definition) is 2. The van der Waals surface area contributed by atoms with Crippen LogP contribution in [0.25, 0.3) is 0 Å². The molecule has 8 heteroatoms. The minimum Gasteiger partial charge on any atom is -0.493 e. The predicted molar refractivity (Wildman–Crippen MR) is 80.5 cm³/mol. The van der Waals surface area contributed by atoms with Gasteiger partial charge in [0.25, 0.3) is 0 Å². The van der Waals surface area contributed by atoms with Gasteiger partial charge in [0.1, 0.15) is 0 Å². The van der Waals surface area contributed by atoms with Gasteiger partial charge >= 0.3 is 0 Å². The van der Waals surface area contributed by atoms with Crippen LogP contribution in [0.2, 0.25) is 0 Å². The Labute approximate surface area is 130 Å². The summed E-state index contributed by atoms with van der Waals surface area (Å²) in [7, 11) is -0.741. The Hall–Kier alpha value is -1.80. The topological polar surface area (TPSA) is 93.7 Å². The van der Waals surface area contributed by atoms with Crippen LogP contribution >= 0.6 is 0 Å². The smallest absolute Gasteiger partial charge is 0.240 e. The number of hydrogen-bond acceptors (Lipinski definition) is 5. The Balaban J connectivity index is 2.17. The van der Waals surface area contributed by atoms with Gasteiger partial charge in [0.2, 0.25) is 15.9 Å². The lowest BCUT2D eigenvalue weighted by atomic mass is 10.1. The average molecular weight is 328 g/mol. The molecule has 1 amide bonds. The molecule has 1 aromatic rings. The molecular weight excluding hydrogens is 308 g/mol. The molecule has 0 saturated carbocycles. The van der Waals surface area contributed by atoms with Crippen LogP contribution in [0.1, 0.15) is 19.3 Å². The highest BCUT2D eigenvalue weighted by molar-refractivity contribution is 7.89. The zero-order valence-electron chi connectivity index (χ0n) is 12.6. The van der Waals surface area contributed by atoms with Crippen LogP contribution in [0.15, 0.2) is 23.1 Å². The van der Waals surface area contributed by atoms with Gasteiger partial charge in [0.05, 0.1) is 19.1 Å². The van der Waals surface area contributed by atoms with E-state index in [1.54, 1.807) is 6.07 Å². The van der Waals surface area contributed by atoms with Crippen LogP contribution in [0.4, 0.5) is 0 Å². The molecule has 0 aromatic heterocycles. The molecule has 0 bridgehead atoms. The Morgan fingerprint density at radius 2 is 1.91 bits per heavy atom. The minimum atomic E-state index is -3.68. The maximum atomic E-state index is 12.4. The molecule has 1 heterocycles. The minimum absolute atomic E-state index is 0.0483. The number of amides is 1. The molecule has 1 fully saturated rings. The SMILES string of the molecule is COc1ccc(S(=O)(=O)NC2CCNC(=O)CC2)cc1OC. The maximum Gasteiger partial charge on any atom is 0.240 e. The molecule has 122 valence electrons. The highest BCUT2D eigenvalue weighted by Crippen LogP contribution is 2.29. The van der Waals surface area contributed by atoms with Crippen molar-refractivity contribution in [3.63, 3.8) is 0 Å². The number of benzene rings is 1. The van der Waals surface area contributed by atoms with Crippen molar-refractivity contribution in [2.24, 2.45) is 0 Å². The second-order valence-electron chi connectivity index (χ2n) is 5.01. The van der Waals surface area contributed by atoms with Crippen LogP contribution in [0.5, 0.6) is 11.5 Å². The van der Waals surface area contributed by atoms with E-state index in [0.29, 0.717) is 37.3 Å². The number of sulfonamides is 1. The lowest BCUT2D eigenvalue weighted by Crippen LogP contribution is -2.35. The monoisotopic (exact) mass is 328 g/mol. The lowest BCUT2D eigenvalue weighted by Gasteiger charge is -2.16. The van der Waals surface area contributed by atoms with Crippen LogP contribution in [0.3, 0.4) is 0 Å². The van der Waals surface area contributed by atoms with Gasteiger partial charge in [0, 0.05) is 25.1 Å². The van der Waals surface area contributed by atoms with Crippen molar-refractivity contribution in [1.29, 1.82) is 0 Å². The number of methoxy groups -OCH3 is 2. The third-order valence-corrected chi connectivity index (χ3v) is 5.04. The van der Waals surface area contributed by atoms with Crippen molar-refractivity contribution in [2.45, 2.75) is 30.2 Å². The molecule has 22 heavy (non-hydrogen) atoms. The van der Waals surface area contributed by atoms with E-state index < -0.39 is 10.0 Å². The fraction of sp³-hybridized carbons (Fsp3) is 0.500. The predicted octanol–water partition coefficient (Wildman–Crippen LogP) is 0.651. The Morgan fingerprint density at radius 3 is 2.59 bits per heavy atom. The zero-order valence-corrected chi connectivity index (χ0v) is 13.4. The standard InChI is InChI=1S/C14H20N2O5S/c1-20-12-5-4-11(9-13(12)21-2)22(18,19)16-10-3-6-14(17)15-8-7-10/h4-5,9-10,16H,3,6-8H2,1-2H3,(H,15,17). The number of carbonyl (C=O) groups excluding carboxylic acids is 1. The number of carbonyl (C=O) groups is 1. The van der Waals surface area contributed by atoms with E-state index in [2.05, 4.69) is 10.0 Å². The summed E-state index contributed by atoms with van der Waals surface area (Å²) in [6.45, 7) is 0.470. The molecule has 2 N–H and O–H groups in total. The Morgan fingerprint density at radius 1 is 1.18 bits per heavy atom. The number of nitrogens with one attached hydrogen (secondary N) is 2. The van der Waals surface area contributed by atoms with E-state index in [1.807, 2.05) is 0 Å². The molecule has 1 aliphatic rings. The van der Waals surface area contributed by atoms with Gasteiger partial charge in [-0.1, -0.05) is 0 Å². The largest absolute Gasteiger partial charge is 0.493 e. The van der Waals surface area contributed by atoms with E-state index in [-0.39, 0.29) is 16.8 Å². The van der Waals surface area contributed by atoms with Gasteiger partial charge in [-0.15, -0.1) is 0 Å². The fourth-order valence-electron chi connectivity index (χ4n) is 2.31. The summed E-state index contributed by atoms with van der Waals surface area (Å²) in [6.07, 6.45) is 1.37. The van der Waals surface area contributed by atoms with Crippen molar-refractivity contribution in [1.82, 2.24) is 10.0 Å². The van der Waals surface area contributed by atoms with Gasteiger partial charge in [-0.2, -0.15) is 0 Å². The summed E-state index contributed by atoms with van der Waals surface area (Å²) in [6, 6.07) is 4.16. The van der Waals surface area contributed by atoms with E-state index >= 15 is 0 Å². The molecule has 1 atom stereocenters. The molecule has 1 unspecified atom stereocenters. The third kappa shape index (κ3) is 3.89. The summed E-state index contributed by atoms with van der Waals surface area (Å²) < 4.78 is 37.8. The van der Waals surface area contributed by atoms with Crippen LogP contribution < -0.4 is 19.5 Å². The molecule has 2 rings (SSSR count).